The van der Waals surface area contributed by atoms with Gasteiger partial charge in [0.2, 0.25) is 0 Å². The summed E-state index contributed by atoms with van der Waals surface area (Å²) in [4.78, 5) is 24.9. The van der Waals surface area contributed by atoms with Crippen molar-refractivity contribution in [2.75, 3.05) is 5.32 Å². The Morgan fingerprint density at radius 3 is 2.41 bits per heavy atom. The predicted octanol–water partition coefficient (Wildman–Crippen LogP) is 4.33. The fourth-order valence-corrected chi connectivity index (χ4v) is 2.79. The van der Waals surface area contributed by atoms with E-state index in [0.717, 1.165) is 11.1 Å². The molecule has 0 fully saturated rings. The number of carbonyl (C=O) groups excluding carboxylic acids is 2. The molecule has 3 aromatic carbocycles. The summed E-state index contributed by atoms with van der Waals surface area (Å²) >= 11 is 0. The summed E-state index contributed by atoms with van der Waals surface area (Å²) in [7, 11) is 0. The van der Waals surface area contributed by atoms with Crippen LogP contribution in [0, 0.1) is 6.92 Å². The van der Waals surface area contributed by atoms with Crippen LogP contribution in [0.25, 0.3) is 0 Å². The van der Waals surface area contributed by atoms with Gasteiger partial charge in [0.25, 0.3) is 11.8 Å². The summed E-state index contributed by atoms with van der Waals surface area (Å²) in [6.07, 6.45) is -0.674. The molecule has 3 rings (SSSR count). The van der Waals surface area contributed by atoms with Gasteiger partial charge in [0.05, 0.1) is 0 Å². The molecule has 0 spiro atoms. The number of rotatable bonds is 7. The van der Waals surface area contributed by atoms with Gasteiger partial charge in [0.15, 0.2) is 6.10 Å². The minimum absolute atomic E-state index is 0.200. The third-order valence-corrected chi connectivity index (χ3v) is 4.45. The molecule has 1 unspecified atom stereocenters. The van der Waals surface area contributed by atoms with Gasteiger partial charge in [-0.25, -0.2) is 0 Å². The third-order valence-electron chi connectivity index (χ3n) is 4.45. The van der Waals surface area contributed by atoms with E-state index in [1.807, 2.05) is 61.5 Å². The lowest BCUT2D eigenvalue weighted by Gasteiger charge is -2.16. The lowest BCUT2D eigenvalue weighted by molar-refractivity contribution is -0.122. The highest BCUT2D eigenvalue weighted by atomic mass is 16.5. The Morgan fingerprint density at radius 2 is 1.66 bits per heavy atom. The van der Waals surface area contributed by atoms with Crippen LogP contribution in [0.2, 0.25) is 0 Å². The predicted molar refractivity (Wildman–Crippen MR) is 114 cm³/mol. The van der Waals surface area contributed by atoms with E-state index in [1.165, 1.54) is 0 Å². The fourth-order valence-electron chi connectivity index (χ4n) is 2.79. The standard InChI is InChI=1S/C24H24N2O3/c1-17-9-6-7-14-22(17)29-18(2)23(27)26-21-13-8-12-20(15-21)24(28)25-16-19-10-4-3-5-11-19/h3-15,18H,16H2,1-2H3,(H,25,28)(H,26,27). The largest absolute Gasteiger partial charge is 0.481 e. The second-order valence-corrected chi connectivity index (χ2v) is 6.76. The van der Waals surface area contributed by atoms with Gasteiger partial charge in [-0.05, 0) is 49.2 Å². The molecular weight excluding hydrogens is 364 g/mol. The zero-order chi connectivity index (χ0) is 20.6. The van der Waals surface area contributed by atoms with Crippen LogP contribution in [0.5, 0.6) is 5.75 Å². The molecule has 0 aliphatic rings. The van der Waals surface area contributed by atoms with E-state index in [2.05, 4.69) is 10.6 Å². The van der Waals surface area contributed by atoms with Crippen molar-refractivity contribution in [1.29, 1.82) is 0 Å². The van der Waals surface area contributed by atoms with Crippen molar-refractivity contribution < 1.29 is 14.3 Å². The fraction of sp³-hybridized carbons (Fsp3) is 0.167. The quantitative estimate of drug-likeness (QED) is 0.633. The van der Waals surface area contributed by atoms with Crippen molar-refractivity contribution in [1.82, 2.24) is 5.32 Å². The number of aryl methyl sites for hydroxylation is 1. The Kier molecular flexibility index (Phi) is 6.63. The summed E-state index contributed by atoms with van der Waals surface area (Å²) < 4.78 is 5.75. The lowest BCUT2D eigenvalue weighted by Crippen LogP contribution is -2.30. The first-order chi connectivity index (χ1) is 14.0. The highest BCUT2D eigenvalue weighted by molar-refractivity contribution is 5.98. The molecule has 0 heterocycles. The molecule has 2 amide bonds. The topological polar surface area (TPSA) is 67.4 Å². The Bertz CT molecular complexity index is 986. The molecular formula is C24H24N2O3. The van der Waals surface area contributed by atoms with Gasteiger partial charge >= 0.3 is 0 Å². The van der Waals surface area contributed by atoms with Crippen LogP contribution in [-0.2, 0) is 11.3 Å². The minimum atomic E-state index is -0.674. The molecule has 0 aliphatic heterocycles. The molecule has 5 heteroatoms. The molecule has 0 saturated carbocycles. The average molecular weight is 388 g/mol. The van der Waals surface area contributed by atoms with Gasteiger partial charge in [-0.3, -0.25) is 9.59 Å². The molecule has 0 aliphatic carbocycles. The van der Waals surface area contributed by atoms with Crippen LogP contribution in [0.4, 0.5) is 5.69 Å². The first-order valence-electron chi connectivity index (χ1n) is 9.48. The summed E-state index contributed by atoms with van der Waals surface area (Å²) in [6.45, 7) is 4.06. The lowest BCUT2D eigenvalue weighted by atomic mass is 10.1. The number of ether oxygens (including phenoxy) is 1. The monoisotopic (exact) mass is 388 g/mol. The van der Waals surface area contributed by atoms with Crippen molar-refractivity contribution in [3.63, 3.8) is 0 Å². The summed E-state index contributed by atoms with van der Waals surface area (Å²) in [6, 6.07) is 24.1. The Labute approximate surface area is 170 Å². The van der Waals surface area contributed by atoms with Crippen LogP contribution in [0.1, 0.15) is 28.4 Å². The van der Waals surface area contributed by atoms with Crippen molar-refractivity contribution in [2.45, 2.75) is 26.5 Å². The smallest absolute Gasteiger partial charge is 0.265 e. The van der Waals surface area contributed by atoms with Crippen LogP contribution in [0.3, 0.4) is 0 Å². The molecule has 0 bridgehead atoms. The zero-order valence-corrected chi connectivity index (χ0v) is 16.5. The maximum Gasteiger partial charge on any atom is 0.265 e. The van der Waals surface area contributed by atoms with E-state index in [4.69, 9.17) is 4.74 Å². The van der Waals surface area contributed by atoms with Crippen molar-refractivity contribution >= 4 is 17.5 Å². The molecule has 0 aromatic heterocycles. The van der Waals surface area contributed by atoms with Gasteiger partial charge in [-0.15, -0.1) is 0 Å². The van der Waals surface area contributed by atoms with Crippen molar-refractivity contribution in [2.24, 2.45) is 0 Å². The number of nitrogens with one attached hydrogen (secondary N) is 2. The summed E-state index contributed by atoms with van der Waals surface area (Å²) in [5, 5.41) is 5.69. The molecule has 0 radical (unpaired) electrons. The molecule has 29 heavy (non-hydrogen) atoms. The van der Waals surface area contributed by atoms with Crippen LogP contribution < -0.4 is 15.4 Å². The highest BCUT2D eigenvalue weighted by Crippen LogP contribution is 2.18. The average Bonchev–Trinajstić information content (AvgIpc) is 2.74. The molecule has 0 saturated heterocycles. The van der Waals surface area contributed by atoms with Crippen molar-refractivity contribution in [3.05, 3.63) is 95.6 Å². The zero-order valence-electron chi connectivity index (χ0n) is 16.5. The van der Waals surface area contributed by atoms with E-state index in [-0.39, 0.29) is 11.8 Å². The Morgan fingerprint density at radius 1 is 0.931 bits per heavy atom. The summed E-state index contributed by atoms with van der Waals surface area (Å²) in [5.41, 5.74) is 3.01. The van der Waals surface area contributed by atoms with Gasteiger partial charge < -0.3 is 15.4 Å². The number of carbonyl (C=O) groups is 2. The number of para-hydroxylation sites is 1. The number of benzene rings is 3. The van der Waals surface area contributed by atoms with E-state index in [0.29, 0.717) is 23.5 Å². The Hall–Kier alpha value is -3.60. The Balaban J connectivity index is 1.59. The summed E-state index contributed by atoms with van der Waals surface area (Å²) in [5.74, 6) is 0.188. The molecule has 5 nitrogen and oxygen atoms in total. The molecule has 148 valence electrons. The first kappa shape index (κ1) is 20.1. The number of hydrogen-bond donors (Lipinski definition) is 2. The third kappa shape index (κ3) is 5.69. The van der Waals surface area contributed by atoms with Gasteiger partial charge in [0.1, 0.15) is 5.75 Å². The minimum Gasteiger partial charge on any atom is -0.481 e. The number of hydrogen-bond acceptors (Lipinski definition) is 3. The van der Waals surface area contributed by atoms with Gasteiger partial charge in [0, 0.05) is 17.8 Å². The first-order valence-corrected chi connectivity index (χ1v) is 9.48. The highest BCUT2D eigenvalue weighted by Gasteiger charge is 2.16. The van der Waals surface area contributed by atoms with Gasteiger partial charge in [-0.1, -0.05) is 54.6 Å². The van der Waals surface area contributed by atoms with E-state index in [9.17, 15) is 9.59 Å². The van der Waals surface area contributed by atoms with E-state index < -0.39 is 6.10 Å². The van der Waals surface area contributed by atoms with Crippen LogP contribution in [-0.4, -0.2) is 17.9 Å². The van der Waals surface area contributed by atoms with Crippen LogP contribution >= 0.6 is 0 Å². The maximum absolute atomic E-state index is 12.5. The molecule has 1 atom stereocenters. The number of anilines is 1. The SMILES string of the molecule is Cc1ccccc1OC(C)C(=O)Nc1cccc(C(=O)NCc2ccccc2)c1. The van der Waals surface area contributed by atoms with Crippen molar-refractivity contribution in [3.8, 4) is 5.75 Å². The van der Waals surface area contributed by atoms with E-state index in [1.54, 1.807) is 31.2 Å². The molecule has 2 N–H and O–H groups in total. The van der Waals surface area contributed by atoms with E-state index >= 15 is 0 Å². The normalized spacial score (nSPS) is 11.4. The van der Waals surface area contributed by atoms with Crippen LogP contribution in [0.15, 0.2) is 78.9 Å². The molecule has 3 aromatic rings. The van der Waals surface area contributed by atoms with Gasteiger partial charge in [-0.2, -0.15) is 0 Å². The second kappa shape index (κ2) is 9.55. The second-order valence-electron chi connectivity index (χ2n) is 6.76. The maximum atomic E-state index is 12.5. The number of amides is 2.